The molecule has 0 amide bonds. The van der Waals surface area contributed by atoms with E-state index in [2.05, 4.69) is 35.8 Å². The molecule has 1 aliphatic rings. The summed E-state index contributed by atoms with van der Waals surface area (Å²) in [6.07, 6.45) is 1.03. The number of nitrogens with zero attached hydrogens (tertiary/aromatic N) is 2. The maximum Gasteiger partial charge on any atom is 0.186 e. The topological polar surface area (TPSA) is 28.2 Å². The van der Waals surface area contributed by atoms with E-state index in [1.807, 2.05) is 18.4 Å². The van der Waals surface area contributed by atoms with Crippen LogP contribution in [0.3, 0.4) is 0 Å². The predicted octanol–water partition coefficient (Wildman–Crippen LogP) is 2.37. The monoisotopic (exact) mass is 271 g/mol. The van der Waals surface area contributed by atoms with E-state index < -0.39 is 0 Å². The van der Waals surface area contributed by atoms with E-state index in [1.165, 1.54) is 27.2 Å². The zero-order valence-corrected chi connectivity index (χ0v) is 12.5. The highest BCUT2D eigenvalue weighted by Crippen LogP contribution is 2.30. The number of hydrogen-bond acceptors (Lipinski definition) is 5. The SMILES string of the molecule is CCc1nc(N2CCSCC2C)sc1CNC. The molecule has 17 heavy (non-hydrogen) atoms. The summed E-state index contributed by atoms with van der Waals surface area (Å²) in [4.78, 5) is 8.69. The van der Waals surface area contributed by atoms with Crippen molar-refractivity contribution in [3.8, 4) is 0 Å². The molecule has 1 N–H and O–H groups in total. The van der Waals surface area contributed by atoms with Crippen molar-refractivity contribution in [1.82, 2.24) is 10.3 Å². The van der Waals surface area contributed by atoms with Crippen LogP contribution in [0.2, 0.25) is 0 Å². The Bertz CT molecular complexity index is 365. The molecule has 2 heterocycles. The van der Waals surface area contributed by atoms with Gasteiger partial charge in [0.2, 0.25) is 0 Å². The molecule has 0 aromatic carbocycles. The molecule has 96 valence electrons. The van der Waals surface area contributed by atoms with Crippen LogP contribution in [0.5, 0.6) is 0 Å². The minimum atomic E-state index is 0.618. The number of rotatable bonds is 4. The van der Waals surface area contributed by atoms with Crippen LogP contribution in [0.1, 0.15) is 24.4 Å². The van der Waals surface area contributed by atoms with Crippen molar-refractivity contribution in [3.05, 3.63) is 10.6 Å². The van der Waals surface area contributed by atoms with Gasteiger partial charge in [-0.3, -0.25) is 0 Å². The lowest BCUT2D eigenvalue weighted by molar-refractivity contribution is 0.695. The first-order valence-corrected chi connectivity index (χ1v) is 8.21. The van der Waals surface area contributed by atoms with Crippen LogP contribution in [0.4, 0.5) is 5.13 Å². The minimum Gasteiger partial charge on any atom is -0.344 e. The van der Waals surface area contributed by atoms with Gasteiger partial charge in [-0.25, -0.2) is 4.98 Å². The van der Waals surface area contributed by atoms with Crippen molar-refractivity contribution in [2.45, 2.75) is 32.9 Å². The summed E-state index contributed by atoms with van der Waals surface area (Å²) in [5.74, 6) is 2.45. The minimum absolute atomic E-state index is 0.618. The fourth-order valence-corrected chi connectivity index (χ4v) is 4.38. The molecule has 1 aliphatic heterocycles. The first kappa shape index (κ1) is 13.2. The average Bonchev–Trinajstić information content (AvgIpc) is 2.73. The molecule has 5 heteroatoms. The second kappa shape index (κ2) is 6.07. The lowest BCUT2D eigenvalue weighted by atomic mass is 10.3. The van der Waals surface area contributed by atoms with Gasteiger partial charge < -0.3 is 10.2 Å². The average molecular weight is 271 g/mol. The Morgan fingerprint density at radius 3 is 3.00 bits per heavy atom. The van der Waals surface area contributed by atoms with Gasteiger partial charge in [0.1, 0.15) is 0 Å². The number of thiazole rings is 1. The number of aryl methyl sites for hydroxylation is 1. The third-order valence-electron chi connectivity index (χ3n) is 3.05. The molecule has 2 rings (SSSR count). The normalized spacial score (nSPS) is 20.9. The highest BCUT2D eigenvalue weighted by Gasteiger charge is 2.22. The first-order valence-electron chi connectivity index (χ1n) is 6.23. The van der Waals surface area contributed by atoms with Crippen LogP contribution in [0.25, 0.3) is 0 Å². The predicted molar refractivity (Wildman–Crippen MR) is 78.4 cm³/mol. The number of hydrogen-bond donors (Lipinski definition) is 1. The molecule has 0 bridgehead atoms. The smallest absolute Gasteiger partial charge is 0.186 e. The Morgan fingerprint density at radius 1 is 1.53 bits per heavy atom. The van der Waals surface area contributed by atoms with Crippen LogP contribution < -0.4 is 10.2 Å². The summed E-state index contributed by atoms with van der Waals surface area (Å²) >= 11 is 3.91. The molecular formula is C12H21N3S2. The molecule has 1 unspecified atom stereocenters. The zero-order valence-electron chi connectivity index (χ0n) is 10.8. The molecule has 1 aromatic heterocycles. The molecule has 1 aromatic rings. The molecule has 0 spiro atoms. The van der Waals surface area contributed by atoms with Crippen molar-refractivity contribution in [3.63, 3.8) is 0 Å². The second-order valence-electron chi connectivity index (χ2n) is 4.37. The number of thioether (sulfide) groups is 1. The van der Waals surface area contributed by atoms with Gasteiger partial charge in [0, 0.05) is 35.5 Å². The molecule has 1 saturated heterocycles. The van der Waals surface area contributed by atoms with Crippen molar-refractivity contribution in [2.24, 2.45) is 0 Å². The molecule has 0 radical (unpaired) electrons. The van der Waals surface area contributed by atoms with Crippen molar-refractivity contribution in [2.75, 3.05) is 30.0 Å². The first-order chi connectivity index (χ1) is 8.26. The Labute approximate surface area is 112 Å². The summed E-state index contributed by atoms with van der Waals surface area (Å²) in [6, 6.07) is 0.618. The van der Waals surface area contributed by atoms with Gasteiger partial charge in [-0.1, -0.05) is 6.92 Å². The maximum absolute atomic E-state index is 4.82. The summed E-state index contributed by atoms with van der Waals surface area (Å²) < 4.78 is 0. The van der Waals surface area contributed by atoms with Crippen LogP contribution in [-0.4, -0.2) is 36.1 Å². The fraction of sp³-hybridized carbons (Fsp3) is 0.750. The second-order valence-corrected chi connectivity index (χ2v) is 6.58. The van der Waals surface area contributed by atoms with E-state index >= 15 is 0 Å². The quantitative estimate of drug-likeness (QED) is 0.910. The molecular weight excluding hydrogens is 250 g/mol. The van der Waals surface area contributed by atoms with Gasteiger partial charge in [0.05, 0.1) is 5.69 Å². The summed E-state index contributed by atoms with van der Waals surface area (Å²) in [5, 5.41) is 4.46. The van der Waals surface area contributed by atoms with E-state index in [4.69, 9.17) is 4.98 Å². The van der Waals surface area contributed by atoms with Gasteiger partial charge in [-0.05, 0) is 20.4 Å². The third-order valence-corrected chi connectivity index (χ3v) is 5.38. The Balaban J connectivity index is 2.19. The highest BCUT2D eigenvalue weighted by molar-refractivity contribution is 7.99. The lowest BCUT2D eigenvalue weighted by Crippen LogP contribution is -2.40. The van der Waals surface area contributed by atoms with Crippen LogP contribution in [0, 0.1) is 0 Å². The number of nitrogens with one attached hydrogen (secondary N) is 1. The Morgan fingerprint density at radius 2 is 2.35 bits per heavy atom. The van der Waals surface area contributed by atoms with Crippen molar-refractivity contribution in [1.29, 1.82) is 0 Å². The highest BCUT2D eigenvalue weighted by atomic mass is 32.2. The van der Waals surface area contributed by atoms with Gasteiger partial charge in [0.15, 0.2) is 5.13 Å². The zero-order chi connectivity index (χ0) is 12.3. The molecule has 0 aliphatic carbocycles. The fourth-order valence-electron chi connectivity index (χ4n) is 2.08. The number of aromatic nitrogens is 1. The van der Waals surface area contributed by atoms with E-state index in [0.717, 1.165) is 19.5 Å². The van der Waals surface area contributed by atoms with Gasteiger partial charge in [-0.2, -0.15) is 11.8 Å². The van der Waals surface area contributed by atoms with Crippen LogP contribution in [0.15, 0.2) is 0 Å². The van der Waals surface area contributed by atoms with E-state index in [-0.39, 0.29) is 0 Å². The van der Waals surface area contributed by atoms with Crippen molar-refractivity contribution >= 4 is 28.2 Å². The standard InChI is InChI=1S/C12H21N3S2/c1-4-10-11(7-13-3)17-12(14-10)15-5-6-16-8-9(15)2/h9,13H,4-8H2,1-3H3. The van der Waals surface area contributed by atoms with Gasteiger partial charge in [-0.15, -0.1) is 11.3 Å². The van der Waals surface area contributed by atoms with Crippen molar-refractivity contribution < 1.29 is 0 Å². The Kier molecular flexibility index (Phi) is 4.70. The summed E-state index contributed by atoms with van der Waals surface area (Å²) in [7, 11) is 2.00. The third kappa shape index (κ3) is 2.95. The molecule has 1 atom stereocenters. The Hall–Kier alpha value is -0.260. The lowest BCUT2D eigenvalue weighted by Gasteiger charge is -2.32. The molecule has 3 nitrogen and oxygen atoms in total. The summed E-state index contributed by atoms with van der Waals surface area (Å²) in [5.41, 5.74) is 1.27. The van der Waals surface area contributed by atoms with Gasteiger partial charge in [0.25, 0.3) is 0 Å². The van der Waals surface area contributed by atoms with E-state index in [0.29, 0.717) is 6.04 Å². The van der Waals surface area contributed by atoms with E-state index in [1.54, 1.807) is 0 Å². The van der Waals surface area contributed by atoms with E-state index in [9.17, 15) is 0 Å². The van der Waals surface area contributed by atoms with Gasteiger partial charge >= 0.3 is 0 Å². The molecule has 1 fully saturated rings. The maximum atomic E-state index is 4.82. The van der Waals surface area contributed by atoms with Crippen LogP contribution in [-0.2, 0) is 13.0 Å². The summed E-state index contributed by atoms with van der Waals surface area (Å²) in [6.45, 7) is 6.57. The molecule has 0 saturated carbocycles. The largest absolute Gasteiger partial charge is 0.344 e. The number of anilines is 1. The van der Waals surface area contributed by atoms with Crippen LogP contribution >= 0.6 is 23.1 Å².